The summed E-state index contributed by atoms with van der Waals surface area (Å²) >= 11 is 0. The fraction of sp³-hybridized carbons (Fsp3) is 0.250. The van der Waals surface area contributed by atoms with Crippen molar-refractivity contribution in [1.29, 1.82) is 0 Å². The molecule has 0 spiro atoms. The number of hydrogen-bond acceptors (Lipinski definition) is 1. The van der Waals surface area contributed by atoms with E-state index in [1.165, 1.54) is 12.1 Å². The predicted octanol–water partition coefficient (Wildman–Crippen LogP) is 5.18. The van der Waals surface area contributed by atoms with Crippen LogP contribution in [0.1, 0.15) is 29.2 Å². The Morgan fingerprint density at radius 3 is 2.08 bits per heavy atom. The number of halogens is 7. The molecular weight excluding hydrogens is 356 g/mol. The van der Waals surface area contributed by atoms with Gasteiger partial charge in [-0.2, -0.15) is 13.2 Å². The largest absolute Gasteiger partial charge is 0.419 e. The van der Waals surface area contributed by atoms with Crippen LogP contribution in [0.2, 0.25) is 0 Å². The van der Waals surface area contributed by atoms with Gasteiger partial charge in [-0.25, -0.2) is 13.2 Å². The Bertz CT molecular complexity index is 701. The zero-order valence-electron chi connectivity index (χ0n) is 12.2. The molecule has 8 heteroatoms. The minimum atomic E-state index is -4.81. The molecular formula is C16H14ClF6N. The first kappa shape index (κ1) is 20.3. The van der Waals surface area contributed by atoms with Gasteiger partial charge in [0.15, 0.2) is 11.6 Å². The molecule has 0 saturated heterocycles. The number of hydrogen-bond donors (Lipinski definition) is 1. The standard InChI is InChI=1S/C16H13F6N.ClH/c17-12-5-3-10(8-11(12)16(20,21)22)15(23)6-2-9-1-4-13(18)14(19)7-9;/h1,3-5,7-8,15H,2,6,23H2;1H/t15-;/m0./s1. The van der Waals surface area contributed by atoms with Crippen LogP contribution in [0, 0.1) is 17.5 Å². The number of alkyl halides is 3. The van der Waals surface area contributed by atoms with Crippen molar-refractivity contribution < 1.29 is 26.3 Å². The fourth-order valence-corrected chi connectivity index (χ4v) is 2.17. The summed E-state index contributed by atoms with van der Waals surface area (Å²) in [4.78, 5) is 0. The molecule has 0 radical (unpaired) electrons. The molecule has 0 heterocycles. The van der Waals surface area contributed by atoms with Gasteiger partial charge in [0.1, 0.15) is 5.82 Å². The summed E-state index contributed by atoms with van der Waals surface area (Å²) in [5, 5.41) is 0. The topological polar surface area (TPSA) is 26.0 Å². The summed E-state index contributed by atoms with van der Waals surface area (Å²) in [6, 6.07) is 5.13. The summed E-state index contributed by atoms with van der Waals surface area (Å²) < 4.78 is 77.1. The van der Waals surface area contributed by atoms with E-state index in [1.807, 2.05) is 0 Å². The summed E-state index contributed by atoms with van der Waals surface area (Å²) in [7, 11) is 0. The minimum Gasteiger partial charge on any atom is -0.324 e. The summed E-state index contributed by atoms with van der Waals surface area (Å²) in [6.07, 6.45) is -4.36. The van der Waals surface area contributed by atoms with Gasteiger partial charge in [-0.15, -0.1) is 12.4 Å². The van der Waals surface area contributed by atoms with Crippen LogP contribution in [0.5, 0.6) is 0 Å². The Morgan fingerprint density at radius 2 is 1.50 bits per heavy atom. The van der Waals surface area contributed by atoms with Crippen molar-refractivity contribution in [3.63, 3.8) is 0 Å². The predicted molar refractivity (Wildman–Crippen MR) is 80.3 cm³/mol. The van der Waals surface area contributed by atoms with E-state index in [0.29, 0.717) is 11.6 Å². The smallest absolute Gasteiger partial charge is 0.324 e. The monoisotopic (exact) mass is 369 g/mol. The van der Waals surface area contributed by atoms with Crippen LogP contribution < -0.4 is 5.73 Å². The zero-order valence-corrected chi connectivity index (χ0v) is 13.0. The quantitative estimate of drug-likeness (QED) is 0.739. The molecule has 0 aliphatic rings. The van der Waals surface area contributed by atoms with Crippen LogP contribution in [0.25, 0.3) is 0 Å². The second-order valence-electron chi connectivity index (χ2n) is 5.13. The third-order valence-electron chi connectivity index (χ3n) is 3.45. The van der Waals surface area contributed by atoms with Gasteiger partial charge >= 0.3 is 6.18 Å². The van der Waals surface area contributed by atoms with Gasteiger partial charge in [0.05, 0.1) is 5.56 Å². The van der Waals surface area contributed by atoms with E-state index < -0.39 is 35.2 Å². The number of nitrogens with two attached hydrogens (primary N) is 1. The third kappa shape index (κ3) is 4.88. The highest BCUT2D eigenvalue weighted by molar-refractivity contribution is 5.85. The van der Waals surface area contributed by atoms with E-state index in [9.17, 15) is 26.3 Å². The molecule has 24 heavy (non-hydrogen) atoms. The van der Waals surface area contributed by atoms with Crippen LogP contribution in [-0.2, 0) is 12.6 Å². The lowest BCUT2D eigenvalue weighted by Crippen LogP contribution is -2.15. The minimum absolute atomic E-state index is 0. The van der Waals surface area contributed by atoms with Gasteiger partial charge in [0.25, 0.3) is 0 Å². The molecule has 0 aliphatic heterocycles. The Kier molecular flexibility index (Phi) is 6.68. The molecule has 0 fully saturated rings. The lowest BCUT2D eigenvalue weighted by molar-refractivity contribution is -0.140. The first-order valence-electron chi connectivity index (χ1n) is 6.74. The third-order valence-corrected chi connectivity index (χ3v) is 3.45. The maximum absolute atomic E-state index is 13.2. The normalized spacial score (nSPS) is 12.6. The Morgan fingerprint density at radius 1 is 0.875 bits per heavy atom. The van der Waals surface area contributed by atoms with Crippen molar-refractivity contribution >= 4 is 12.4 Å². The molecule has 132 valence electrons. The molecule has 0 saturated carbocycles. The first-order chi connectivity index (χ1) is 10.7. The summed E-state index contributed by atoms with van der Waals surface area (Å²) in [6.45, 7) is 0. The van der Waals surface area contributed by atoms with Crippen LogP contribution in [-0.4, -0.2) is 0 Å². The maximum Gasteiger partial charge on any atom is 0.419 e. The Labute approximate surface area is 140 Å². The lowest BCUT2D eigenvalue weighted by atomic mass is 9.98. The molecule has 2 aromatic rings. The van der Waals surface area contributed by atoms with Crippen molar-refractivity contribution in [3.05, 3.63) is 70.5 Å². The molecule has 0 aliphatic carbocycles. The van der Waals surface area contributed by atoms with Crippen LogP contribution in [0.3, 0.4) is 0 Å². The summed E-state index contributed by atoms with van der Waals surface area (Å²) in [5.41, 5.74) is 5.03. The fourth-order valence-electron chi connectivity index (χ4n) is 2.17. The maximum atomic E-state index is 13.2. The van der Waals surface area contributed by atoms with Crippen molar-refractivity contribution in [3.8, 4) is 0 Å². The summed E-state index contributed by atoms with van der Waals surface area (Å²) in [5.74, 6) is -3.35. The van der Waals surface area contributed by atoms with Crippen molar-refractivity contribution in [2.24, 2.45) is 5.73 Å². The van der Waals surface area contributed by atoms with Gasteiger partial charge in [-0.05, 0) is 48.2 Å². The second-order valence-corrected chi connectivity index (χ2v) is 5.13. The average Bonchev–Trinajstić information content (AvgIpc) is 2.47. The molecule has 0 unspecified atom stereocenters. The molecule has 2 aromatic carbocycles. The molecule has 1 atom stereocenters. The average molecular weight is 370 g/mol. The van der Waals surface area contributed by atoms with Gasteiger partial charge < -0.3 is 5.73 Å². The van der Waals surface area contributed by atoms with Crippen molar-refractivity contribution in [2.75, 3.05) is 0 Å². The zero-order chi connectivity index (χ0) is 17.2. The van der Waals surface area contributed by atoms with Gasteiger partial charge in [-0.3, -0.25) is 0 Å². The number of benzene rings is 2. The van der Waals surface area contributed by atoms with E-state index in [0.717, 1.165) is 18.2 Å². The highest BCUT2D eigenvalue weighted by Crippen LogP contribution is 2.33. The Balaban J connectivity index is 0.00000288. The number of rotatable bonds is 4. The number of aryl methyl sites for hydroxylation is 1. The van der Waals surface area contributed by atoms with Crippen LogP contribution in [0.15, 0.2) is 36.4 Å². The SMILES string of the molecule is Cl.N[C@@H](CCc1ccc(F)c(F)c1)c1ccc(F)c(C(F)(F)F)c1. The van der Waals surface area contributed by atoms with Gasteiger partial charge in [0, 0.05) is 6.04 Å². The molecule has 0 bridgehead atoms. The lowest BCUT2D eigenvalue weighted by Gasteiger charge is -2.15. The van der Waals surface area contributed by atoms with Gasteiger partial charge in [-0.1, -0.05) is 12.1 Å². The van der Waals surface area contributed by atoms with Crippen molar-refractivity contribution in [2.45, 2.75) is 25.1 Å². The van der Waals surface area contributed by atoms with E-state index in [2.05, 4.69) is 0 Å². The molecule has 2 N–H and O–H groups in total. The van der Waals surface area contributed by atoms with Crippen LogP contribution >= 0.6 is 12.4 Å². The highest BCUT2D eigenvalue weighted by atomic mass is 35.5. The molecule has 0 amide bonds. The molecule has 2 rings (SSSR count). The molecule has 0 aromatic heterocycles. The Hall–Kier alpha value is -1.73. The van der Waals surface area contributed by atoms with E-state index >= 15 is 0 Å². The highest BCUT2D eigenvalue weighted by Gasteiger charge is 2.34. The first-order valence-corrected chi connectivity index (χ1v) is 6.74. The van der Waals surface area contributed by atoms with Crippen LogP contribution in [0.4, 0.5) is 26.3 Å². The van der Waals surface area contributed by atoms with E-state index in [4.69, 9.17) is 5.73 Å². The second kappa shape index (κ2) is 7.90. The molecule has 1 nitrogen and oxygen atoms in total. The van der Waals surface area contributed by atoms with E-state index in [-0.39, 0.29) is 30.8 Å². The van der Waals surface area contributed by atoms with Crippen molar-refractivity contribution in [1.82, 2.24) is 0 Å². The van der Waals surface area contributed by atoms with Gasteiger partial charge in [0.2, 0.25) is 0 Å². The van der Waals surface area contributed by atoms with E-state index in [1.54, 1.807) is 0 Å².